The minimum absolute atomic E-state index is 0.00153. The number of aryl methyl sites for hydroxylation is 2. The lowest BCUT2D eigenvalue weighted by molar-refractivity contribution is -0.132. The maximum Gasteiger partial charge on any atom is 0.253 e. The highest BCUT2D eigenvalue weighted by Gasteiger charge is 2.24. The summed E-state index contributed by atoms with van der Waals surface area (Å²) < 4.78 is 11.0. The number of rotatable bonds is 8. The molecule has 0 saturated carbocycles. The molecular weight excluding hydrogens is 392 g/mol. The van der Waals surface area contributed by atoms with E-state index in [2.05, 4.69) is 19.1 Å². The summed E-state index contributed by atoms with van der Waals surface area (Å²) >= 11 is 0. The average molecular weight is 425 g/mol. The molecule has 0 unspecified atom stereocenters. The van der Waals surface area contributed by atoms with E-state index in [-0.39, 0.29) is 11.8 Å². The van der Waals surface area contributed by atoms with Crippen molar-refractivity contribution in [1.29, 1.82) is 0 Å². The molecule has 0 atom stereocenters. The van der Waals surface area contributed by atoms with Gasteiger partial charge < -0.3 is 19.3 Å². The maximum absolute atomic E-state index is 12.6. The van der Waals surface area contributed by atoms with Gasteiger partial charge in [-0.1, -0.05) is 12.1 Å². The van der Waals surface area contributed by atoms with Gasteiger partial charge in [-0.2, -0.15) is 0 Å². The summed E-state index contributed by atoms with van der Waals surface area (Å²) in [5, 5.41) is 0. The summed E-state index contributed by atoms with van der Waals surface area (Å²) in [5.41, 5.74) is 2.95. The molecule has 1 saturated heterocycles. The first-order valence-electron chi connectivity index (χ1n) is 10.9. The predicted octanol–water partition coefficient (Wildman–Crippen LogP) is 3.85. The lowest BCUT2D eigenvalue weighted by Crippen LogP contribution is -2.50. The zero-order valence-corrected chi connectivity index (χ0v) is 18.7. The summed E-state index contributed by atoms with van der Waals surface area (Å²) in [5.74, 6) is 1.80. The molecule has 2 aromatic carbocycles. The first kappa shape index (κ1) is 22.7. The van der Waals surface area contributed by atoms with Crippen molar-refractivity contribution in [3.8, 4) is 11.5 Å². The van der Waals surface area contributed by atoms with Crippen LogP contribution in [0.4, 0.5) is 0 Å². The molecule has 6 heteroatoms. The van der Waals surface area contributed by atoms with Crippen LogP contribution in [-0.2, 0) is 4.79 Å². The van der Waals surface area contributed by atoms with E-state index in [1.165, 1.54) is 5.56 Å². The van der Waals surface area contributed by atoms with E-state index in [9.17, 15) is 9.59 Å². The van der Waals surface area contributed by atoms with Gasteiger partial charge in [-0.25, -0.2) is 0 Å². The van der Waals surface area contributed by atoms with Gasteiger partial charge in [0.2, 0.25) is 5.91 Å². The second-order valence-corrected chi connectivity index (χ2v) is 7.98. The van der Waals surface area contributed by atoms with E-state index in [4.69, 9.17) is 9.47 Å². The molecule has 166 valence electrons. The molecule has 31 heavy (non-hydrogen) atoms. The largest absolute Gasteiger partial charge is 0.497 e. The van der Waals surface area contributed by atoms with Crippen molar-refractivity contribution >= 4 is 11.8 Å². The number of benzene rings is 2. The summed E-state index contributed by atoms with van der Waals surface area (Å²) in [6.07, 6.45) is 2.16. The number of ether oxygens (including phenoxy) is 2. The molecular formula is C25H32N2O4. The molecule has 1 fully saturated rings. The molecule has 1 aliphatic heterocycles. The average Bonchev–Trinajstić information content (AvgIpc) is 2.80. The Hall–Kier alpha value is -3.02. The van der Waals surface area contributed by atoms with Crippen LogP contribution >= 0.6 is 0 Å². The zero-order chi connectivity index (χ0) is 22.2. The third kappa shape index (κ3) is 6.23. The summed E-state index contributed by atoms with van der Waals surface area (Å²) in [6, 6.07) is 13.3. The Kier molecular flexibility index (Phi) is 7.93. The molecule has 0 radical (unpaired) electrons. The Morgan fingerprint density at radius 3 is 2.26 bits per heavy atom. The molecule has 3 rings (SSSR count). The van der Waals surface area contributed by atoms with Crippen LogP contribution in [0.3, 0.4) is 0 Å². The second kappa shape index (κ2) is 10.8. The molecule has 0 spiro atoms. The lowest BCUT2D eigenvalue weighted by atomic mass is 10.1. The van der Waals surface area contributed by atoms with E-state index in [0.29, 0.717) is 44.8 Å². The Balaban J connectivity index is 1.36. The van der Waals surface area contributed by atoms with Crippen molar-refractivity contribution in [2.24, 2.45) is 0 Å². The van der Waals surface area contributed by atoms with Crippen molar-refractivity contribution in [2.45, 2.75) is 33.1 Å². The number of carbonyl (C=O) groups is 2. The van der Waals surface area contributed by atoms with Crippen molar-refractivity contribution in [2.75, 3.05) is 39.9 Å². The van der Waals surface area contributed by atoms with Crippen LogP contribution in [0.1, 0.15) is 40.7 Å². The number of amides is 2. The minimum Gasteiger partial charge on any atom is -0.497 e. The van der Waals surface area contributed by atoms with Gasteiger partial charge in [0, 0.05) is 38.2 Å². The number of unbranched alkanes of at least 4 members (excludes halogenated alkanes) is 1. The fourth-order valence-corrected chi connectivity index (χ4v) is 3.66. The summed E-state index contributed by atoms with van der Waals surface area (Å²) in [7, 11) is 1.60. The highest BCUT2D eigenvalue weighted by atomic mass is 16.5. The van der Waals surface area contributed by atoms with Gasteiger partial charge in [0.25, 0.3) is 5.91 Å². The van der Waals surface area contributed by atoms with E-state index < -0.39 is 0 Å². The molecule has 1 aliphatic rings. The van der Waals surface area contributed by atoms with Crippen LogP contribution in [-0.4, -0.2) is 61.5 Å². The number of methoxy groups -OCH3 is 1. The van der Waals surface area contributed by atoms with E-state index in [1.807, 2.05) is 22.8 Å². The normalized spacial score (nSPS) is 13.8. The van der Waals surface area contributed by atoms with Gasteiger partial charge in [0.05, 0.1) is 13.7 Å². The molecule has 0 aromatic heterocycles. The number of nitrogens with zero attached hydrogens (tertiary/aromatic N) is 2. The van der Waals surface area contributed by atoms with E-state index in [1.54, 1.807) is 31.4 Å². The van der Waals surface area contributed by atoms with Gasteiger partial charge in [-0.3, -0.25) is 9.59 Å². The van der Waals surface area contributed by atoms with Gasteiger partial charge in [0.1, 0.15) is 11.5 Å². The lowest BCUT2D eigenvalue weighted by Gasteiger charge is -2.35. The first-order valence-corrected chi connectivity index (χ1v) is 10.9. The Bertz CT molecular complexity index is 887. The van der Waals surface area contributed by atoms with Crippen molar-refractivity contribution in [1.82, 2.24) is 9.80 Å². The standard InChI is InChI=1S/C25H32N2O4/c1-19-7-8-20(2)23(18-19)31-17-5-4-6-24(28)26-13-15-27(16-14-26)25(29)21-9-11-22(30-3)12-10-21/h7-12,18H,4-6,13-17H2,1-3H3. The number of carbonyl (C=O) groups excluding carboxylic acids is 2. The third-order valence-corrected chi connectivity index (χ3v) is 5.64. The van der Waals surface area contributed by atoms with E-state index >= 15 is 0 Å². The van der Waals surface area contributed by atoms with Crippen molar-refractivity contribution in [3.63, 3.8) is 0 Å². The zero-order valence-electron chi connectivity index (χ0n) is 18.7. The molecule has 6 nitrogen and oxygen atoms in total. The van der Waals surface area contributed by atoms with Gasteiger partial charge in [-0.05, 0) is 68.1 Å². The minimum atomic E-state index is -0.00153. The van der Waals surface area contributed by atoms with Gasteiger partial charge in [-0.15, -0.1) is 0 Å². The maximum atomic E-state index is 12.6. The number of hydrogen-bond donors (Lipinski definition) is 0. The Morgan fingerprint density at radius 1 is 0.903 bits per heavy atom. The fourth-order valence-electron chi connectivity index (χ4n) is 3.66. The third-order valence-electron chi connectivity index (χ3n) is 5.64. The highest BCUT2D eigenvalue weighted by Crippen LogP contribution is 2.19. The van der Waals surface area contributed by atoms with Crippen LogP contribution < -0.4 is 9.47 Å². The summed E-state index contributed by atoms with van der Waals surface area (Å²) in [4.78, 5) is 28.8. The monoisotopic (exact) mass is 424 g/mol. The van der Waals surface area contributed by atoms with Gasteiger partial charge >= 0.3 is 0 Å². The molecule has 0 aliphatic carbocycles. The predicted molar refractivity (Wildman–Crippen MR) is 121 cm³/mol. The van der Waals surface area contributed by atoms with Crippen LogP contribution in [0.25, 0.3) is 0 Å². The van der Waals surface area contributed by atoms with Crippen LogP contribution in [0.5, 0.6) is 11.5 Å². The van der Waals surface area contributed by atoms with Crippen molar-refractivity contribution < 1.29 is 19.1 Å². The SMILES string of the molecule is COc1ccc(C(=O)N2CCN(C(=O)CCCCOc3cc(C)ccc3C)CC2)cc1. The quantitative estimate of drug-likeness (QED) is 0.604. The first-order chi connectivity index (χ1) is 15.0. The summed E-state index contributed by atoms with van der Waals surface area (Å²) in [6.45, 7) is 6.99. The molecule has 0 bridgehead atoms. The number of hydrogen-bond acceptors (Lipinski definition) is 4. The van der Waals surface area contributed by atoms with Crippen LogP contribution in [0.2, 0.25) is 0 Å². The smallest absolute Gasteiger partial charge is 0.253 e. The molecule has 1 heterocycles. The number of piperazine rings is 1. The molecule has 0 N–H and O–H groups in total. The Labute approximate surface area is 184 Å². The second-order valence-electron chi connectivity index (χ2n) is 7.98. The fraction of sp³-hybridized carbons (Fsp3) is 0.440. The van der Waals surface area contributed by atoms with Gasteiger partial charge in [0.15, 0.2) is 0 Å². The topological polar surface area (TPSA) is 59.1 Å². The van der Waals surface area contributed by atoms with Crippen LogP contribution in [0, 0.1) is 13.8 Å². The van der Waals surface area contributed by atoms with Crippen LogP contribution in [0.15, 0.2) is 42.5 Å². The van der Waals surface area contributed by atoms with E-state index in [0.717, 1.165) is 29.9 Å². The highest BCUT2D eigenvalue weighted by molar-refractivity contribution is 5.94. The molecule has 2 amide bonds. The van der Waals surface area contributed by atoms with Crippen molar-refractivity contribution in [3.05, 3.63) is 59.2 Å². The molecule has 2 aromatic rings. The Morgan fingerprint density at radius 2 is 1.58 bits per heavy atom.